The standard InChI is InChI=1S/C16H12F2N2S/c17-13-3-1-2-12(15(13)18)9-20-7-6-10-8-11(16(19)21)4-5-14(10)20/h1-8H,9H2,(H2,19,21). The molecule has 2 aromatic carbocycles. The summed E-state index contributed by atoms with van der Waals surface area (Å²) in [6, 6.07) is 11.7. The van der Waals surface area contributed by atoms with Crippen molar-refractivity contribution < 1.29 is 8.78 Å². The average Bonchev–Trinajstić information content (AvgIpc) is 2.86. The van der Waals surface area contributed by atoms with Crippen LogP contribution in [0.1, 0.15) is 11.1 Å². The summed E-state index contributed by atoms with van der Waals surface area (Å²) < 4.78 is 28.9. The van der Waals surface area contributed by atoms with Crippen LogP contribution in [0.5, 0.6) is 0 Å². The number of halogens is 2. The van der Waals surface area contributed by atoms with Crippen molar-refractivity contribution in [3.63, 3.8) is 0 Å². The van der Waals surface area contributed by atoms with Crippen LogP contribution in [-0.2, 0) is 6.54 Å². The zero-order chi connectivity index (χ0) is 15.0. The lowest BCUT2D eigenvalue weighted by atomic mass is 10.1. The normalized spacial score (nSPS) is 11.0. The number of nitrogens with zero attached hydrogens (tertiary/aromatic N) is 1. The molecule has 3 rings (SSSR count). The Morgan fingerprint density at radius 1 is 1.14 bits per heavy atom. The lowest BCUT2D eigenvalue weighted by Gasteiger charge is -2.08. The topological polar surface area (TPSA) is 30.9 Å². The minimum Gasteiger partial charge on any atom is -0.389 e. The third-order valence-corrected chi connectivity index (χ3v) is 3.66. The molecule has 0 spiro atoms. The van der Waals surface area contributed by atoms with Crippen molar-refractivity contribution in [2.75, 3.05) is 0 Å². The highest BCUT2D eigenvalue weighted by Gasteiger charge is 2.10. The van der Waals surface area contributed by atoms with Gasteiger partial charge in [0, 0.05) is 28.2 Å². The highest BCUT2D eigenvalue weighted by atomic mass is 32.1. The zero-order valence-electron chi connectivity index (χ0n) is 11.0. The van der Waals surface area contributed by atoms with Gasteiger partial charge in [0.25, 0.3) is 0 Å². The Labute approximate surface area is 125 Å². The molecule has 0 saturated heterocycles. The number of rotatable bonds is 3. The number of aromatic nitrogens is 1. The molecule has 21 heavy (non-hydrogen) atoms. The second-order valence-corrected chi connectivity index (χ2v) is 5.23. The van der Waals surface area contributed by atoms with Gasteiger partial charge in [-0.25, -0.2) is 8.78 Å². The number of nitrogens with two attached hydrogens (primary N) is 1. The van der Waals surface area contributed by atoms with E-state index in [0.717, 1.165) is 22.5 Å². The summed E-state index contributed by atoms with van der Waals surface area (Å²) in [5.41, 5.74) is 7.62. The van der Waals surface area contributed by atoms with Gasteiger partial charge in [-0.3, -0.25) is 0 Å². The van der Waals surface area contributed by atoms with Crippen molar-refractivity contribution in [1.82, 2.24) is 4.57 Å². The maximum Gasteiger partial charge on any atom is 0.163 e. The molecular weight excluding hydrogens is 290 g/mol. The van der Waals surface area contributed by atoms with Crippen molar-refractivity contribution in [3.05, 3.63) is 71.4 Å². The molecule has 2 N–H and O–H groups in total. The molecule has 0 unspecified atom stereocenters. The molecule has 0 aliphatic rings. The van der Waals surface area contributed by atoms with Gasteiger partial charge in [-0.2, -0.15) is 0 Å². The molecule has 0 aliphatic heterocycles. The van der Waals surface area contributed by atoms with E-state index >= 15 is 0 Å². The summed E-state index contributed by atoms with van der Waals surface area (Å²) in [5, 5.41) is 0.956. The van der Waals surface area contributed by atoms with Crippen LogP contribution in [0.2, 0.25) is 0 Å². The molecule has 0 radical (unpaired) electrons. The van der Waals surface area contributed by atoms with Crippen molar-refractivity contribution in [2.24, 2.45) is 5.73 Å². The summed E-state index contributed by atoms with van der Waals surface area (Å²) in [6.07, 6.45) is 1.83. The van der Waals surface area contributed by atoms with Crippen LogP contribution in [0, 0.1) is 11.6 Å². The van der Waals surface area contributed by atoms with Crippen LogP contribution >= 0.6 is 12.2 Å². The van der Waals surface area contributed by atoms with Crippen LogP contribution in [0.25, 0.3) is 10.9 Å². The number of benzene rings is 2. The molecule has 0 fully saturated rings. The Morgan fingerprint density at radius 2 is 1.95 bits per heavy atom. The smallest absolute Gasteiger partial charge is 0.163 e. The molecule has 2 nitrogen and oxygen atoms in total. The second-order valence-electron chi connectivity index (χ2n) is 4.79. The molecule has 3 aromatic rings. The van der Waals surface area contributed by atoms with Crippen molar-refractivity contribution in [1.29, 1.82) is 0 Å². The first-order chi connectivity index (χ1) is 10.1. The van der Waals surface area contributed by atoms with E-state index in [0.29, 0.717) is 10.6 Å². The third-order valence-electron chi connectivity index (χ3n) is 3.43. The van der Waals surface area contributed by atoms with E-state index in [1.54, 1.807) is 6.07 Å². The quantitative estimate of drug-likeness (QED) is 0.749. The van der Waals surface area contributed by atoms with Crippen LogP contribution in [0.4, 0.5) is 8.78 Å². The van der Waals surface area contributed by atoms with Crippen molar-refractivity contribution >= 4 is 28.1 Å². The minimum absolute atomic E-state index is 0.263. The first-order valence-electron chi connectivity index (χ1n) is 6.38. The Hall–Kier alpha value is -2.27. The number of thiocarbonyl (C=S) groups is 1. The van der Waals surface area contributed by atoms with Crippen molar-refractivity contribution in [2.45, 2.75) is 6.54 Å². The van der Waals surface area contributed by atoms with Gasteiger partial charge in [-0.05, 0) is 30.3 Å². The maximum atomic E-state index is 13.7. The fourth-order valence-electron chi connectivity index (χ4n) is 2.35. The van der Waals surface area contributed by atoms with E-state index in [9.17, 15) is 8.78 Å². The first kappa shape index (κ1) is 13.7. The summed E-state index contributed by atoms with van der Waals surface area (Å²) in [4.78, 5) is 0.334. The van der Waals surface area contributed by atoms with Gasteiger partial charge in [-0.15, -0.1) is 0 Å². The zero-order valence-corrected chi connectivity index (χ0v) is 11.8. The molecule has 0 aliphatic carbocycles. The highest BCUT2D eigenvalue weighted by molar-refractivity contribution is 7.80. The van der Waals surface area contributed by atoms with Gasteiger partial charge in [-0.1, -0.05) is 24.4 Å². The lowest BCUT2D eigenvalue weighted by Crippen LogP contribution is -2.09. The van der Waals surface area contributed by atoms with Gasteiger partial charge in [0.1, 0.15) is 4.99 Å². The molecule has 0 bridgehead atoms. The van der Waals surface area contributed by atoms with E-state index in [-0.39, 0.29) is 6.54 Å². The Kier molecular flexibility index (Phi) is 3.43. The predicted molar refractivity (Wildman–Crippen MR) is 83.3 cm³/mol. The fourth-order valence-corrected chi connectivity index (χ4v) is 2.47. The van der Waals surface area contributed by atoms with Crippen LogP contribution in [0.15, 0.2) is 48.7 Å². The van der Waals surface area contributed by atoms with Crippen LogP contribution < -0.4 is 5.73 Å². The number of hydrogen-bond acceptors (Lipinski definition) is 1. The summed E-state index contributed by atoms with van der Waals surface area (Å²) in [7, 11) is 0. The van der Waals surface area contributed by atoms with Crippen molar-refractivity contribution in [3.8, 4) is 0 Å². The van der Waals surface area contributed by atoms with E-state index in [4.69, 9.17) is 18.0 Å². The fraction of sp³-hybridized carbons (Fsp3) is 0.0625. The average molecular weight is 302 g/mol. The van der Waals surface area contributed by atoms with E-state index < -0.39 is 11.6 Å². The van der Waals surface area contributed by atoms with E-state index in [1.165, 1.54) is 6.07 Å². The van der Waals surface area contributed by atoms with Gasteiger partial charge >= 0.3 is 0 Å². The number of hydrogen-bond donors (Lipinski definition) is 1. The minimum atomic E-state index is -0.834. The molecule has 5 heteroatoms. The molecular formula is C16H12F2N2S. The third kappa shape index (κ3) is 2.52. The summed E-state index contributed by atoms with van der Waals surface area (Å²) in [5.74, 6) is -1.64. The van der Waals surface area contributed by atoms with Crippen LogP contribution in [0.3, 0.4) is 0 Å². The Bertz CT molecular complexity index is 839. The summed E-state index contributed by atoms with van der Waals surface area (Å²) >= 11 is 4.95. The van der Waals surface area contributed by atoms with Gasteiger partial charge in [0.15, 0.2) is 11.6 Å². The van der Waals surface area contributed by atoms with Crippen LogP contribution in [-0.4, -0.2) is 9.56 Å². The summed E-state index contributed by atoms with van der Waals surface area (Å²) in [6.45, 7) is 0.263. The first-order valence-corrected chi connectivity index (χ1v) is 6.78. The van der Waals surface area contributed by atoms with E-state index in [2.05, 4.69) is 0 Å². The maximum absolute atomic E-state index is 13.7. The molecule has 0 atom stereocenters. The molecule has 1 aromatic heterocycles. The molecule has 0 saturated carbocycles. The molecule has 0 amide bonds. The van der Waals surface area contributed by atoms with E-state index in [1.807, 2.05) is 35.0 Å². The molecule has 106 valence electrons. The lowest BCUT2D eigenvalue weighted by molar-refractivity contribution is 0.496. The Balaban J connectivity index is 2.02. The largest absolute Gasteiger partial charge is 0.389 e. The van der Waals surface area contributed by atoms with Gasteiger partial charge < -0.3 is 10.3 Å². The second kappa shape index (κ2) is 5.26. The SMILES string of the molecule is NC(=S)c1ccc2c(ccn2Cc2cccc(F)c2F)c1. The predicted octanol–water partition coefficient (Wildman–Crippen LogP) is 3.60. The monoisotopic (exact) mass is 302 g/mol. The number of fused-ring (bicyclic) bond motifs is 1. The van der Waals surface area contributed by atoms with Gasteiger partial charge in [0.05, 0.1) is 6.54 Å². The van der Waals surface area contributed by atoms with Gasteiger partial charge in [0.2, 0.25) is 0 Å². The molecule has 1 heterocycles. The Morgan fingerprint density at radius 3 is 2.71 bits per heavy atom. The highest BCUT2D eigenvalue weighted by Crippen LogP contribution is 2.20.